The molecule has 0 spiro atoms. The molecule has 47 heavy (non-hydrogen) atoms. The molecule has 0 saturated carbocycles. The summed E-state index contributed by atoms with van der Waals surface area (Å²) < 4.78 is 61.1. The van der Waals surface area contributed by atoms with Crippen LogP contribution in [0.4, 0.5) is 17.6 Å². The maximum atomic E-state index is 15.4. The molecular weight excluding hydrogens is 618 g/mol. The van der Waals surface area contributed by atoms with Crippen LogP contribution in [-0.4, -0.2) is 60.1 Å². The second kappa shape index (κ2) is 15.2. The summed E-state index contributed by atoms with van der Waals surface area (Å²) in [5.41, 5.74) is 4.16. The number of allylic oxidation sites excluding steroid dienone is 1. The van der Waals surface area contributed by atoms with Crippen LogP contribution in [0.15, 0.2) is 65.4 Å². The SMILES string of the molecule is CC1CCN(C(=O)C(c2ccc(C(F)(F)F)cc2F)C2C=C(NC(=O)[C@@H](COCc3ccccc3)NC(=O)C(C)(C)N)N=CC2)CC1. The third kappa shape index (κ3) is 9.71. The molecule has 2 aliphatic rings. The molecule has 3 atom stereocenters. The van der Waals surface area contributed by atoms with Gasteiger partial charge < -0.3 is 26.0 Å². The van der Waals surface area contributed by atoms with Gasteiger partial charge in [-0.3, -0.25) is 14.4 Å². The molecule has 4 rings (SSSR count). The number of halogens is 4. The molecule has 2 aromatic carbocycles. The Morgan fingerprint density at radius 3 is 2.38 bits per heavy atom. The molecule has 0 aromatic heterocycles. The molecule has 0 aliphatic carbocycles. The van der Waals surface area contributed by atoms with E-state index in [9.17, 15) is 27.6 Å². The van der Waals surface area contributed by atoms with Gasteiger partial charge in [-0.05, 0) is 62.8 Å². The molecule has 4 N–H and O–H groups in total. The van der Waals surface area contributed by atoms with Gasteiger partial charge in [0, 0.05) is 30.8 Å². The first-order valence-electron chi connectivity index (χ1n) is 15.6. The van der Waals surface area contributed by atoms with E-state index in [1.165, 1.54) is 26.1 Å². The first-order chi connectivity index (χ1) is 22.1. The molecule has 254 valence electrons. The minimum atomic E-state index is -4.76. The van der Waals surface area contributed by atoms with Crippen LogP contribution >= 0.6 is 0 Å². The molecule has 2 aliphatic heterocycles. The molecule has 1 fully saturated rings. The zero-order chi connectivity index (χ0) is 34.4. The van der Waals surface area contributed by atoms with Gasteiger partial charge in [-0.1, -0.05) is 43.3 Å². The third-order valence-corrected chi connectivity index (χ3v) is 8.29. The highest BCUT2D eigenvalue weighted by Crippen LogP contribution is 2.37. The van der Waals surface area contributed by atoms with Gasteiger partial charge in [0.25, 0.3) is 5.91 Å². The van der Waals surface area contributed by atoms with Crippen LogP contribution in [0.1, 0.15) is 62.6 Å². The van der Waals surface area contributed by atoms with E-state index in [0.29, 0.717) is 25.1 Å². The Labute approximate surface area is 271 Å². The van der Waals surface area contributed by atoms with E-state index < -0.39 is 58.7 Å². The Bertz CT molecular complexity index is 1480. The standard InChI is InChI=1S/C34H41F4N5O4/c1-21-12-15-43(16-13-21)31(45)29(25-10-9-24(18-26(25)35)34(36,37)38)23-11-14-40-28(17-23)42-30(44)27(41-32(46)33(2,3)39)20-47-19-22-7-5-4-6-8-22/h4-10,14,17-18,21,23,27,29H,11-13,15-16,19-20,39H2,1-3H3,(H,41,46)(H,42,44)/t23?,27-,29?/m1/s1. The minimum absolute atomic E-state index is 0.0398. The van der Waals surface area contributed by atoms with Gasteiger partial charge in [0.1, 0.15) is 17.7 Å². The number of hydrogen-bond donors (Lipinski definition) is 3. The highest BCUT2D eigenvalue weighted by atomic mass is 19.4. The molecule has 3 amide bonds. The van der Waals surface area contributed by atoms with Crippen LogP contribution in [0, 0.1) is 17.7 Å². The monoisotopic (exact) mass is 659 g/mol. The average molecular weight is 660 g/mol. The summed E-state index contributed by atoms with van der Waals surface area (Å²) in [4.78, 5) is 45.9. The molecular formula is C34H41F4N5O4. The van der Waals surface area contributed by atoms with E-state index in [1.807, 2.05) is 30.3 Å². The number of likely N-dealkylation sites (tertiary alicyclic amines) is 1. The molecule has 2 aromatic rings. The second-order valence-electron chi connectivity index (χ2n) is 12.7. The fourth-order valence-electron chi connectivity index (χ4n) is 5.43. The zero-order valence-corrected chi connectivity index (χ0v) is 26.6. The Kier molecular flexibility index (Phi) is 11.6. The summed E-state index contributed by atoms with van der Waals surface area (Å²) in [6, 6.07) is 10.2. The van der Waals surface area contributed by atoms with E-state index in [4.69, 9.17) is 10.5 Å². The lowest BCUT2D eigenvalue weighted by atomic mass is 9.81. The summed E-state index contributed by atoms with van der Waals surface area (Å²) in [6.07, 6.45) is -0.134. The van der Waals surface area contributed by atoms with Crippen molar-refractivity contribution in [1.29, 1.82) is 0 Å². The number of piperidine rings is 1. The van der Waals surface area contributed by atoms with Crippen LogP contribution in [-0.2, 0) is 31.9 Å². The third-order valence-electron chi connectivity index (χ3n) is 8.29. The van der Waals surface area contributed by atoms with E-state index >= 15 is 4.39 Å². The van der Waals surface area contributed by atoms with Crippen molar-refractivity contribution in [2.75, 3.05) is 19.7 Å². The largest absolute Gasteiger partial charge is 0.416 e. The van der Waals surface area contributed by atoms with Crippen molar-refractivity contribution in [2.45, 2.75) is 70.3 Å². The molecule has 0 radical (unpaired) electrons. The van der Waals surface area contributed by atoms with Gasteiger partial charge in [-0.25, -0.2) is 9.38 Å². The predicted octanol–water partition coefficient (Wildman–Crippen LogP) is 4.67. The second-order valence-corrected chi connectivity index (χ2v) is 12.7. The number of aliphatic imine (C=N–C) groups is 1. The molecule has 2 heterocycles. The lowest BCUT2D eigenvalue weighted by Crippen LogP contribution is -2.57. The van der Waals surface area contributed by atoms with Crippen molar-refractivity contribution in [1.82, 2.24) is 15.5 Å². The quantitative estimate of drug-likeness (QED) is 0.303. The van der Waals surface area contributed by atoms with E-state index in [1.54, 1.807) is 4.90 Å². The summed E-state index contributed by atoms with van der Waals surface area (Å²) in [5.74, 6) is -4.31. The van der Waals surface area contributed by atoms with Crippen molar-refractivity contribution < 1.29 is 36.7 Å². The average Bonchev–Trinajstić information content (AvgIpc) is 3.01. The zero-order valence-electron chi connectivity index (χ0n) is 26.6. The van der Waals surface area contributed by atoms with E-state index in [0.717, 1.165) is 30.5 Å². The number of carbonyl (C=O) groups is 3. The van der Waals surface area contributed by atoms with Crippen molar-refractivity contribution in [3.63, 3.8) is 0 Å². The Hall–Kier alpha value is -4.10. The van der Waals surface area contributed by atoms with Crippen molar-refractivity contribution in [2.24, 2.45) is 22.6 Å². The Morgan fingerprint density at radius 1 is 1.09 bits per heavy atom. The lowest BCUT2D eigenvalue weighted by Gasteiger charge is -2.35. The maximum absolute atomic E-state index is 15.4. The van der Waals surface area contributed by atoms with Crippen molar-refractivity contribution in [3.8, 4) is 0 Å². The number of benzene rings is 2. The number of hydrogen-bond acceptors (Lipinski definition) is 6. The minimum Gasteiger partial charge on any atom is -0.374 e. The highest BCUT2D eigenvalue weighted by molar-refractivity contribution is 5.92. The molecule has 13 heteroatoms. The predicted molar refractivity (Wildman–Crippen MR) is 168 cm³/mol. The van der Waals surface area contributed by atoms with Crippen LogP contribution in [0.3, 0.4) is 0 Å². The summed E-state index contributed by atoms with van der Waals surface area (Å²) in [7, 11) is 0. The normalized spacial score (nSPS) is 18.7. The topological polar surface area (TPSA) is 126 Å². The van der Waals surface area contributed by atoms with Gasteiger partial charge in [0.2, 0.25) is 11.8 Å². The van der Waals surface area contributed by atoms with Gasteiger partial charge >= 0.3 is 6.18 Å². The van der Waals surface area contributed by atoms with Gasteiger partial charge in [0.15, 0.2) is 0 Å². The molecule has 0 bridgehead atoms. The lowest BCUT2D eigenvalue weighted by molar-refractivity contribution is -0.137. The number of carbonyl (C=O) groups excluding carboxylic acids is 3. The summed E-state index contributed by atoms with van der Waals surface area (Å²) in [5, 5.41) is 5.25. The van der Waals surface area contributed by atoms with E-state index in [2.05, 4.69) is 22.5 Å². The van der Waals surface area contributed by atoms with E-state index in [-0.39, 0.29) is 31.0 Å². The number of nitrogens with one attached hydrogen (secondary N) is 2. The number of nitrogens with two attached hydrogens (primary N) is 1. The van der Waals surface area contributed by atoms with Crippen LogP contribution in [0.5, 0.6) is 0 Å². The van der Waals surface area contributed by atoms with Gasteiger partial charge in [-0.15, -0.1) is 0 Å². The fraction of sp³-hybridized carbons (Fsp3) is 0.471. The first kappa shape index (κ1) is 35.7. The molecule has 9 nitrogen and oxygen atoms in total. The summed E-state index contributed by atoms with van der Waals surface area (Å²) in [6.45, 7) is 5.90. The number of ether oxygens (including phenoxy) is 1. The Balaban J connectivity index is 1.58. The fourth-order valence-corrected chi connectivity index (χ4v) is 5.43. The molecule has 2 unspecified atom stereocenters. The van der Waals surface area contributed by atoms with Crippen LogP contribution in [0.2, 0.25) is 0 Å². The van der Waals surface area contributed by atoms with Crippen LogP contribution in [0.25, 0.3) is 0 Å². The van der Waals surface area contributed by atoms with Crippen molar-refractivity contribution in [3.05, 3.63) is 82.9 Å². The Morgan fingerprint density at radius 2 is 1.77 bits per heavy atom. The molecule has 1 saturated heterocycles. The van der Waals surface area contributed by atoms with Crippen molar-refractivity contribution >= 4 is 23.9 Å². The van der Waals surface area contributed by atoms with Crippen LogP contribution < -0.4 is 16.4 Å². The number of amides is 3. The van der Waals surface area contributed by atoms with Gasteiger partial charge in [0.05, 0.1) is 30.2 Å². The number of alkyl halides is 3. The first-order valence-corrected chi connectivity index (χ1v) is 15.6. The highest BCUT2D eigenvalue weighted by Gasteiger charge is 2.38. The maximum Gasteiger partial charge on any atom is 0.416 e. The number of nitrogens with zero attached hydrogens (tertiary/aromatic N) is 2. The summed E-state index contributed by atoms with van der Waals surface area (Å²) >= 11 is 0. The smallest absolute Gasteiger partial charge is 0.374 e. The number of rotatable bonds is 11. The van der Waals surface area contributed by atoms with Gasteiger partial charge in [-0.2, -0.15) is 13.2 Å².